The number of amides is 9. The zero-order chi connectivity index (χ0) is 105. The molecule has 3 fully saturated rings. The Hall–Kier alpha value is -9.13. The first-order valence-electron chi connectivity index (χ1n) is 48.3. The van der Waals surface area contributed by atoms with E-state index in [1.807, 2.05) is 79.3 Å². The van der Waals surface area contributed by atoms with E-state index in [1.165, 1.54) is 81.9 Å². The highest BCUT2D eigenvalue weighted by Crippen LogP contribution is 2.45. The Morgan fingerprint density at radius 3 is 1.25 bits per heavy atom. The van der Waals surface area contributed by atoms with E-state index in [0.29, 0.717) is 43.2 Å². The second-order valence-corrected chi connectivity index (χ2v) is 44.6. The van der Waals surface area contributed by atoms with Gasteiger partial charge in [-0.3, -0.25) is 106 Å². The summed E-state index contributed by atoms with van der Waals surface area (Å²) < 4.78 is 46.5. The number of esters is 2. The molecule has 0 bridgehead atoms. The second-order valence-electron chi connectivity index (χ2n) is 38.0. The Morgan fingerprint density at radius 1 is 0.539 bits per heavy atom. The lowest BCUT2D eigenvalue weighted by molar-refractivity contribution is -0.150. The number of thiazole rings is 2. The van der Waals surface area contributed by atoms with Crippen molar-refractivity contribution in [1.29, 1.82) is 0 Å². The molecule has 16 atom stereocenters. The number of hydrogen-bond acceptors (Lipinski definition) is 29. The summed E-state index contributed by atoms with van der Waals surface area (Å²) in [5.74, 6) is -13.1. The summed E-state index contributed by atoms with van der Waals surface area (Å²) >= 11 is 4.19. The van der Waals surface area contributed by atoms with Gasteiger partial charge in [0.05, 0.1) is 35.3 Å². The number of aliphatic carboxylic acids is 2. The van der Waals surface area contributed by atoms with Gasteiger partial charge < -0.3 is 65.1 Å². The van der Waals surface area contributed by atoms with Gasteiger partial charge in [0.1, 0.15) is 31.9 Å². The molecule has 141 heavy (non-hydrogen) atoms. The van der Waals surface area contributed by atoms with E-state index in [1.54, 1.807) is 23.9 Å². The van der Waals surface area contributed by atoms with Crippen LogP contribution in [0.3, 0.4) is 0 Å². The Balaban J connectivity index is 1.02. The predicted octanol–water partition coefficient (Wildman–Crippen LogP) is 12.2. The van der Waals surface area contributed by atoms with Gasteiger partial charge in [-0.05, 0) is 175 Å². The normalized spacial score (nSPS) is 18.6. The van der Waals surface area contributed by atoms with Crippen molar-refractivity contribution in [2.45, 2.75) is 290 Å². The lowest BCUT2D eigenvalue weighted by atomic mass is 9.83. The summed E-state index contributed by atoms with van der Waals surface area (Å²) in [6, 6.07) is 4.18. The largest absolute Gasteiger partial charge is 0.524 e. The number of phosphoric ester groups is 2. The van der Waals surface area contributed by atoms with Crippen molar-refractivity contribution >= 4 is 162 Å². The number of hydrogen-bond donors (Lipinski definition) is 11. The minimum Gasteiger partial charge on any atom is -0.481 e. The summed E-state index contributed by atoms with van der Waals surface area (Å²) in [6.07, 6.45) is 4.40. The van der Waals surface area contributed by atoms with Crippen LogP contribution in [-0.4, -0.2) is 266 Å². The number of thioether (sulfide) groups is 2. The molecule has 2 aromatic heterocycles. The van der Waals surface area contributed by atoms with Crippen molar-refractivity contribution in [2.24, 2.45) is 47.3 Å². The predicted molar refractivity (Wildman–Crippen MR) is 535 cm³/mol. The number of unbranched alkanes of at least 4 members (excludes halogenated alkanes) is 1. The van der Waals surface area contributed by atoms with Crippen LogP contribution in [0.2, 0.25) is 0 Å². The highest BCUT2D eigenvalue weighted by atomic mass is 32.2. The number of carboxylic acid groups (broad SMARTS) is 2. The van der Waals surface area contributed by atoms with Crippen LogP contribution in [0.5, 0.6) is 11.5 Å². The summed E-state index contributed by atoms with van der Waals surface area (Å²) in [5.41, 5.74) is -0.0524. The highest BCUT2D eigenvalue weighted by molar-refractivity contribution is 8.04. The molecule has 0 aliphatic carbocycles. The molecule has 9 amide bonds. The van der Waals surface area contributed by atoms with Gasteiger partial charge in [-0.2, -0.15) is 0 Å². The van der Waals surface area contributed by atoms with Gasteiger partial charge in [0.2, 0.25) is 41.4 Å². The van der Waals surface area contributed by atoms with Crippen LogP contribution in [0.25, 0.3) is 0 Å². The van der Waals surface area contributed by atoms with Crippen molar-refractivity contribution in [3.05, 3.63) is 79.7 Å². The molecule has 3 saturated heterocycles. The number of benzene rings is 2. The van der Waals surface area contributed by atoms with Gasteiger partial charge >= 0.3 is 39.5 Å². The molecule has 0 radical (unpaired) electrons. The van der Waals surface area contributed by atoms with Crippen molar-refractivity contribution in [3.8, 4) is 11.5 Å². The number of carboxylic acids is 2. The van der Waals surface area contributed by atoms with E-state index < -0.39 is 157 Å². The summed E-state index contributed by atoms with van der Waals surface area (Å²) in [5, 5.41) is 35.0. The average Bonchev–Trinajstić information content (AvgIpc) is 1.33. The van der Waals surface area contributed by atoms with E-state index in [-0.39, 0.29) is 206 Å². The number of ketones is 2. The van der Waals surface area contributed by atoms with E-state index in [0.717, 1.165) is 89.9 Å². The van der Waals surface area contributed by atoms with Crippen LogP contribution >= 0.6 is 61.8 Å². The van der Waals surface area contributed by atoms with Gasteiger partial charge in [-0.1, -0.05) is 107 Å². The Labute approximate surface area is 841 Å². The smallest absolute Gasteiger partial charge is 0.481 e. The third kappa shape index (κ3) is 37.2. The second kappa shape index (κ2) is 56.4. The van der Waals surface area contributed by atoms with Crippen molar-refractivity contribution in [1.82, 2.24) is 50.4 Å². The molecule has 4 aromatic rings. The number of aromatic nitrogens is 2. The van der Waals surface area contributed by atoms with E-state index in [9.17, 15) is 111 Å². The van der Waals surface area contributed by atoms with Crippen LogP contribution in [0.4, 0.5) is 11.4 Å². The van der Waals surface area contributed by atoms with Crippen molar-refractivity contribution in [2.75, 3.05) is 77.0 Å². The fourth-order valence-electron chi connectivity index (χ4n) is 18.0. The quantitative estimate of drug-likeness (QED) is 0.00846. The number of ether oxygens (including phenoxy) is 2. The maximum absolute atomic E-state index is 14.6. The Kier molecular flexibility index (Phi) is 47.5. The fraction of sp³-hybridized carbons (Fsp3) is 0.656. The monoisotopic (exact) mass is 2090 g/mol. The number of likely N-dealkylation sites (tertiary alicyclic amines) is 3. The number of phosphoric acid groups is 2. The Morgan fingerprint density at radius 2 is 0.915 bits per heavy atom. The number of carbonyl (C=O) groups is 15. The molecule has 0 saturated carbocycles. The number of carbonyl (C=O) groups excluding carboxylic acids is 13. The van der Waals surface area contributed by atoms with Gasteiger partial charge in [0, 0.05) is 133 Å². The minimum atomic E-state index is -5.31. The van der Waals surface area contributed by atoms with Crippen LogP contribution in [0, 0.1) is 47.3 Å². The molecule has 0 spiro atoms. The van der Waals surface area contributed by atoms with Gasteiger partial charge in [-0.15, -0.1) is 46.2 Å². The van der Waals surface area contributed by atoms with Crippen molar-refractivity contribution < 1.29 is 129 Å². The van der Waals surface area contributed by atoms with Gasteiger partial charge in [0.15, 0.2) is 35.3 Å². The van der Waals surface area contributed by atoms with E-state index in [2.05, 4.69) is 36.6 Å². The first kappa shape index (κ1) is 119. The molecule has 3 aliphatic heterocycles. The molecule has 39 nitrogen and oxygen atoms in total. The zero-order valence-electron chi connectivity index (χ0n) is 83.7. The van der Waals surface area contributed by atoms with Crippen LogP contribution in [0.1, 0.15) is 272 Å². The van der Waals surface area contributed by atoms with Gasteiger partial charge in [-0.25, -0.2) is 19.1 Å². The van der Waals surface area contributed by atoms with Crippen molar-refractivity contribution in [3.63, 3.8) is 0 Å². The molecule has 7 rings (SSSR count). The maximum Gasteiger partial charge on any atom is 0.524 e. The molecule has 784 valence electrons. The summed E-state index contributed by atoms with van der Waals surface area (Å²) in [7, 11) is -1.95. The van der Waals surface area contributed by atoms with Crippen LogP contribution < -0.4 is 35.6 Å². The summed E-state index contributed by atoms with van der Waals surface area (Å²) in [4.78, 5) is 263. The third-order valence-electron chi connectivity index (χ3n) is 26.4. The topological polar surface area (TPSA) is 551 Å². The molecule has 45 heteroatoms. The highest BCUT2D eigenvalue weighted by Gasteiger charge is 2.49. The number of piperidine rings is 2. The zero-order valence-corrected chi connectivity index (χ0v) is 88.8. The minimum absolute atomic E-state index is 0.0138. The molecule has 6 unspecified atom stereocenters. The van der Waals surface area contributed by atoms with Crippen LogP contribution in [-0.2, 0) is 93.8 Å². The Bertz CT molecular complexity index is 4800. The number of nitrogens with one attached hydrogen (secondary N) is 5. The molecule has 3 aliphatic rings. The SMILES string of the molecule is CC[C@H](C)[C@H](CC(=O)C1CCCCN1C)C(=O)N(C)[C@H](C[C@@H](OC(C)=O)c1nc(C(=O)N[C@@H](Cc2ccc(OP(=O)(O)O)c(NC(=O)CCCSC3C(=O)N(CCCCC(=O)NC)C(=O)C3SCCCC(=O)Nc3cc(C[C@@H](CC(C)C(=O)O)NC(=O)c4csc([C@@H](C[C@H](C(C)C)N(C)C(=O)[C@@H](CC(=O)C5CCCCN5C)[C@@H](C)CC)OC(C)=O)n4)ccc3OP(=O)(O)O)c2)CC(C)C(=O)O)cs1)C(C)C. The number of nitrogens with zero attached hydrogens (tertiary/aromatic N) is 7. The first-order valence-corrected chi connectivity index (χ1v) is 55.2. The molecule has 11 N–H and O–H groups in total. The number of likely N-dealkylation sites (N-methyl/N-ethyl adjacent to an activating group) is 2. The lowest BCUT2D eigenvalue weighted by Crippen LogP contribution is -2.48. The van der Waals surface area contributed by atoms with E-state index >= 15 is 0 Å². The first-order chi connectivity index (χ1) is 66.3. The maximum atomic E-state index is 14.6. The lowest BCUT2D eigenvalue weighted by Gasteiger charge is -2.37. The standard InChI is InChI=1S/C96H144N12O27P2S4/c1-18-56(7)66(48-76(111)72-28-20-23-37-104(72)14)91(118)106(16)74(54(3)4)50-80(132-60(11)109)89-102-70(52-140-89)87(116)98-64(42-58(9)95(122)123)44-62-33-35-78(134-136(126,127)128)68(46-62)100-83(114)31-26-40-138-85-86(94(121)108(93(85)120)39-25-22-30-82(113)97-13)139-41-27-32-84(115)101-69-47-63(34-36-79(69)135-137(129,130)131)45-65(43-59(10)96(124)125)99-88(117)71-53-141-90(103-71)81(133-61(12)110)51-75(55(5)6)107(17)92(119)67(57(8)19-2)49-77(112)73-29-21-24-38-105(73)15/h33-36,46-47,52-59,64-67,72-75,80-81,85-86H,18-32,37-45,48-51H2,1-17H3,(H,97,113)(H,98,116)(H,99,117)(H,100,114)(H,101,115)(H,122,123)(H,124,125)(H2,126,127,128)(H2,129,130,131)/t56-,57-,58?,59?,64+,65+,66-,67-,72?,73?,74+,75+,80+,81+,85?,86?/m0/s1. The molecular weight excluding hydrogens is 1940 g/mol. The van der Waals surface area contributed by atoms with Gasteiger partial charge in [0.25, 0.3) is 11.8 Å². The average molecular weight is 2090 g/mol. The molecule has 5 heterocycles. The molecular formula is C96H144N12O27P2S4. The number of anilines is 2. The molecule has 2 aromatic carbocycles. The van der Waals surface area contributed by atoms with Crippen LogP contribution in [0.15, 0.2) is 47.2 Å². The number of imide groups is 1. The fourth-order valence-corrected chi connectivity index (χ4v) is 23.2. The number of rotatable bonds is 59. The van der Waals surface area contributed by atoms with E-state index in [4.69, 9.17) is 18.5 Å². The third-order valence-corrected chi connectivity index (χ3v) is 32.0. The number of Topliss-reactive ketones (excluding diaryl/α,β-unsaturated/α-hetero) is 2. The summed E-state index contributed by atoms with van der Waals surface area (Å²) in [6.45, 7) is 22.3.